The zero-order valence-electron chi connectivity index (χ0n) is 12.2. The van der Waals surface area contributed by atoms with Gasteiger partial charge in [-0.1, -0.05) is 61.8 Å². The highest BCUT2D eigenvalue weighted by molar-refractivity contribution is 5.77. The Bertz CT molecular complexity index is 74.0. The number of amides is 1. The van der Waals surface area contributed by atoms with E-state index in [-0.39, 0.29) is 0 Å². The lowest BCUT2D eigenvalue weighted by Crippen LogP contribution is -2.24. The van der Waals surface area contributed by atoms with Crippen LogP contribution in [0, 0.1) is 0 Å². The Kier molecular flexibility index (Phi) is 97.9. The van der Waals surface area contributed by atoms with Crippen LogP contribution in [0.5, 0.6) is 0 Å². The van der Waals surface area contributed by atoms with Crippen molar-refractivity contribution in [1.82, 2.24) is 0 Å². The third-order valence-electron chi connectivity index (χ3n) is 0.412. The quantitative estimate of drug-likeness (QED) is 0.716. The van der Waals surface area contributed by atoms with Gasteiger partial charge in [-0.15, -0.1) is 0 Å². The molecule has 0 spiro atoms. The molecule has 0 saturated carbocycles. The molecule has 0 fully saturated rings. The van der Waals surface area contributed by atoms with Gasteiger partial charge in [-0.3, -0.25) is 4.79 Å². The number of carbonyl (C=O) groups excluding carboxylic acids is 1. The first-order valence-electron chi connectivity index (χ1n) is 6.03. The summed E-state index contributed by atoms with van der Waals surface area (Å²) in [5.74, 6) is -0.685. The second-order valence-electron chi connectivity index (χ2n) is 1.79. The van der Waals surface area contributed by atoms with Crippen molar-refractivity contribution in [3.8, 4) is 0 Å². The van der Waals surface area contributed by atoms with Crippen LogP contribution in [0.1, 0.15) is 68.7 Å². The van der Waals surface area contributed by atoms with Crippen molar-refractivity contribution in [1.29, 1.82) is 0 Å². The maximum atomic E-state index is 9.67. The highest BCUT2D eigenvalue weighted by atomic mass is 16.3. The zero-order chi connectivity index (χ0) is 13.9. The maximum absolute atomic E-state index is 9.67. The fourth-order valence-electron chi connectivity index (χ4n) is 0. The number of rotatable bonds is 1. The summed E-state index contributed by atoms with van der Waals surface area (Å²) in [6, 6.07) is 0. The molecule has 0 rings (SSSR count). The summed E-state index contributed by atoms with van der Waals surface area (Å²) in [6.45, 7) is 17.6. The molecule has 0 aliphatic carbocycles. The van der Waals surface area contributed by atoms with Crippen molar-refractivity contribution in [3.63, 3.8) is 0 Å². The first-order valence-corrected chi connectivity index (χ1v) is 6.03. The summed E-state index contributed by atoms with van der Waals surface area (Å²) in [6.07, 6.45) is 0.241. The summed E-state index contributed by atoms with van der Waals surface area (Å²) >= 11 is 0. The summed E-state index contributed by atoms with van der Waals surface area (Å²) < 4.78 is 0. The van der Waals surface area contributed by atoms with E-state index in [1.165, 1.54) is 13.3 Å². The summed E-state index contributed by atoms with van der Waals surface area (Å²) in [7, 11) is 0. The molecule has 0 saturated heterocycles. The largest absolute Gasteiger partial charge is 0.384 e. The van der Waals surface area contributed by atoms with E-state index in [0.29, 0.717) is 0 Å². The molecular weight excluding hydrogens is 190 g/mol. The van der Waals surface area contributed by atoms with Gasteiger partial charge in [-0.25, -0.2) is 0 Å². The Balaban J connectivity index is -0.0000000318. The Morgan fingerprint density at radius 1 is 1.07 bits per heavy atom. The van der Waals surface area contributed by atoms with Gasteiger partial charge in [0.2, 0.25) is 5.91 Å². The first-order chi connectivity index (χ1) is 7.06. The van der Waals surface area contributed by atoms with Crippen molar-refractivity contribution < 1.29 is 9.90 Å². The number of nitrogens with two attached hydrogens (primary N) is 1. The van der Waals surface area contributed by atoms with E-state index in [1.807, 2.05) is 41.5 Å². The third-order valence-corrected chi connectivity index (χ3v) is 0.412. The molecule has 15 heavy (non-hydrogen) atoms. The monoisotopic (exact) mass is 223 g/mol. The molecular formula is C12H33NO2. The van der Waals surface area contributed by atoms with Crippen LogP contribution >= 0.6 is 0 Å². The van der Waals surface area contributed by atoms with Gasteiger partial charge < -0.3 is 10.8 Å². The van der Waals surface area contributed by atoms with Crippen molar-refractivity contribution in [3.05, 3.63) is 0 Å². The predicted molar refractivity (Wildman–Crippen MR) is 70.9 cm³/mol. The zero-order valence-corrected chi connectivity index (χ0v) is 12.2. The topological polar surface area (TPSA) is 63.3 Å². The summed E-state index contributed by atoms with van der Waals surface area (Å²) in [5.41, 5.74) is 4.55. The molecule has 1 amide bonds. The molecule has 1 unspecified atom stereocenters. The maximum Gasteiger partial charge on any atom is 0.245 e. The SMILES string of the molecule is CC.CC.CC.CC(O)C(N)=O.CCC. The van der Waals surface area contributed by atoms with Gasteiger partial charge in [-0.05, 0) is 6.92 Å². The number of aliphatic hydroxyl groups excluding tert-OH is 1. The van der Waals surface area contributed by atoms with Gasteiger partial charge in [-0.2, -0.15) is 0 Å². The molecule has 3 heteroatoms. The Morgan fingerprint density at radius 3 is 1.13 bits per heavy atom. The third kappa shape index (κ3) is 149. The molecule has 0 aliphatic rings. The molecule has 0 bridgehead atoms. The van der Waals surface area contributed by atoms with Gasteiger partial charge in [0.1, 0.15) is 6.10 Å². The minimum Gasteiger partial charge on any atom is -0.384 e. The first kappa shape index (κ1) is 29.3. The lowest BCUT2D eigenvalue weighted by atomic mass is 10.4. The molecule has 0 aromatic rings. The van der Waals surface area contributed by atoms with Crippen molar-refractivity contribution >= 4 is 5.91 Å². The standard InChI is InChI=1S/C3H7NO2.C3H8.3C2H6/c1-2(5)3(4)6;1-3-2;3*1-2/h2,5H,1H3,(H2,4,6);3H2,1-2H3;3*1-2H3. The van der Waals surface area contributed by atoms with Gasteiger partial charge in [0.25, 0.3) is 0 Å². The van der Waals surface area contributed by atoms with E-state index in [2.05, 4.69) is 19.6 Å². The lowest BCUT2D eigenvalue weighted by Gasteiger charge is -1.90. The average Bonchev–Trinajstić information content (AvgIpc) is 2.27. The van der Waals surface area contributed by atoms with E-state index in [4.69, 9.17) is 5.11 Å². The summed E-state index contributed by atoms with van der Waals surface area (Å²) in [4.78, 5) is 9.67. The van der Waals surface area contributed by atoms with Crippen LogP contribution < -0.4 is 5.73 Å². The number of aliphatic hydroxyl groups is 1. The van der Waals surface area contributed by atoms with E-state index >= 15 is 0 Å². The molecule has 1 atom stereocenters. The van der Waals surface area contributed by atoms with Crippen LogP contribution in [0.15, 0.2) is 0 Å². The average molecular weight is 223 g/mol. The molecule has 0 aliphatic heterocycles. The van der Waals surface area contributed by atoms with Gasteiger partial charge >= 0.3 is 0 Å². The fraction of sp³-hybridized carbons (Fsp3) is 0.917. The minimum atomic E-state index is -1.01. The lowest BCUT2D eigenvalue weighted by molar-refractivity contribution is -0.125. The number of hydrogen-bond acceptors (Lipinski definition) is 2. The van der Waals surface area contributed by atoms with Crippen molar-refractivity contribution in [2.75, 3.05) is 0 Å². The Labute approximate surface area is 97.1 Å². The number of carbonyl (C=O) groups is 1. The van der Waals surface area contributed by atoms with Crippen LogP contribution in [-0.2, 0) is 4.79 Å². The second-order valence-corrected chi connectivity index (χ2v) is 1.79. The highest BCUT2D eigenvalue weighted by Crippen LogP contribution is 1.70. The Morgan fingerprint density at radius 2 is 1.13 bits per heavy atom. The number of hydrogen-bond donors (Lipinski definition) is 2. The number of primary amides is 1. The van der Waals surface area contributed by atoms with E-state index < -0.39 is 12.0 Å². The van der Waals surface area contributed by atoms with E-state index in [9.17, 15) is 4.79 Å². The highest BCUT2D eigenvalue weighted by Gasteiger charge is 1.98. The van der Waals surface area contributed by atoms with Crippen LogP contribution in [0.25, 0.3) is 0 Å². The molecule has 98 valence electrons. The molecule has 3 nitrogen and oxygen atoms in total. The minimum absolute atomic E-state index is 0.685. The Hall–Kier alpha value is -0.570. The molecule has 0 radical (unpaired) electrons. The van der Waals surface area contributed by atoms with Crippen molar-refractivity contribution in [2.45, 2.75) is 74.8 Å². The van der Waals surface area contributed by atoms with Gasteiger partial charge in [0.15, 0.2) is 0 Å². The molecule has 0 aromatic heterocycles. The van der Waals surface area contributed by atoms with Gasteiger partial charge in [0, 0.05) is 0 Å². The van der Waals surface area contributed by atoms with E-state index in [0.717, 1.165) is 0 Å². The fourth-order valence-corrected chi connectivity index (χ4v) is 0. The van der Waals surface area contributed by atoms with Crippen LogP contribution in [0.4, 0.5) is 0 Å². The normalized spacial score (nSPS) is 7.87. The van der Waals surface area contributed by atoms with Gasteiger partial charge in [0.05, 0.1) is 0 Å². The smallest absolute Gasteiger partial charge is 0.245 e. The molecule has 3 N–H and O–H groups in total. The molecule has 0 aromatic carbocycles. The van der Waals surface area contributed by atoms with Crippen LogP contribution in [0.3, 0.4) is 0 Å². The van der Waals surface area contributed by atoms with Crippen LogP contribution in [0.2, 0.25) is 0 Å². The predicted octanol–water partition coefficient (Wildman–Crippen LogP) is 3.35. The summed E-state index contributed by atoms with van der Waals surface area (Å²) in [5, 5.41) is 8.16. The van der Waals surface area contributed by atoms with E-state index in [1.54, 1.807) is 0 Å². The second kappa shape index (κ2) is 50.2. The van der Waals surface area contributed by atoms with Crippen molar-refractivity contribution in [2.24, 2.45) is 5.73 Å². The molecule has 0 heterocycles. The van der Waals surface area contributed by atoms with Crippen LogP contribution in [-0.4, -0.2) is 17.1 Å².